The summed E-state index contributed by atoms with van der Waals surface area (Å²) in [7, 11) is 0. The standard InChI is InChI=1S/C19H32N2/c1-5-12-20-18(19(2,3)4)15-21-13-8-11-16-9-6-7-10-17(16)14-21/h6-7,9-10,18,20H,5,8,11-15H2,1-4H3. The van der Waals surface area contributed by atoms with Crippen molar-refractivity contribution in [1.82, 2.24) is 10.2 Å². The van der Waals surface area contributed by atoms with Gasteiger partial charge in [0.05, 0.1) is 0 Å². The van der Waals surface area contributed by atoms with E-state index in [0.29, 0.717) is 11.5 Å². The third-order valence-corrected chi connectivity index (χ3v) is 4.56. The predicted octanol–water partition coefficient (Wildman–Crippen LogP) is 3.85. The quantitative estimate of drug-likeness (QED) is 0.885. The fourth-order valence-electron chi connectivity index (χ4n) is 3.15. The van der Waals surface area contributed by atoms with Crippen LogP contribution in [0.5, 0.6) is 0 Å². The van der Waals surface area contributed by atoms with Crippen molar-refractivity contribution in [3.05, 3.63) is 35.4 Å². The lowest BCUT2D eigenvalue weighted by molar-refractivity contribution is 0.169. The van der Waals surface area contributed by atoms with Crippen LogP contribution in [0.15, 0.2) is 24.3 Å². The van der Waals surface area contributed by atoms with Gasteiger partial charge >= 0.3 is 0 Å². The zero-order valence-corrected chi connectivity index (χ0v) is 14.3. The molecule has 1 aromatic carbocycles. The lowest BCUT2D eigenvalue weighted by Gasteiger charge is -2.36. The fraction of sp³-hybridized carbons (Fsp3) is 0.684. The van der Waals surface area contributed by atoms with Gasteiger partial charge in [-0.2, -0.15) is 0 Å². The first-order valence-electron chi connectivity index (χ1n) is 8.53. The molecule has 118 valence electrons. The third-order valence-electron chi connectivity index (χ3n) is 4.56. The molecule has 0 aliphatic carbocycles. The Hall–Kier alpha value is -0.860. The van der Waals surface area contributed by atoms with Crippen molar-refractivity contribution in [2.75, 3.05) is 19.6 Å². The van der Waals surface area contributed by atoms with Gasteiger partial charge in [-0.1, -0.05) is 52.0 Å². The molecule has 0 aromatic heterocycles. The molecule has 1 aromatic rings. The first kappa shape index (κ1) is 16.5. The van der Waals surface area contributed by atoms with E-state index in [1.54, 1.807) is 5.56 Å². The van der Waals surface area contributed by atoms with Crippen molar-refractivity contribution in [3.8, 4) is 0 Å². The van der Waals surface area contributed by atoms with Crippen LogP contribution in [-0.4, -0.2) is 30.6 Å². The van der Waals surface area contributed by atoms with Crippen molar-refractivity contribution >= 4 is 0 Å². The van der Waals surface area contributed by atoms with Crippen LogP contribution in [0.2, 0.25) is 0 Å². The van der Waals surface area contributed by atoms with Crippen molar-refractivity contribution in [3.63, 3.8) is 0 Å². The minimum atomic E-state index is 0.307. The molecule has 1 unspecified atom stereocenters. The topological polar surface area (TPSA) is 15.3 Å². The van der Waals surface area contributed by atoms with E-state index >= 15 is 0 Å². The first-order valence-corrected chi connectivity index (χ1v) is 8.53. The van der Waals surface area contributed by atoms with Crippen LogP contribution < -0.4 is 5.32 Å². The Labute approximate surface area is 130 Å². The van der Waals surface area contributed by atoms with Gasteiger partial charge in [0.15, 0.2) is 0 Å². The molecule has 0 fully saturated rings. The summed E-state index contributed by atoms with van der Waals surface area (Å²) in [5, 5.41) is 3.76. The highest BCUT2D eigenvalue weighted by atomic mass is 15.2. The maximum absolute atomic E-state index is 3.76. The lowest BCUT2D eigenvalue weighted by atomic mass is 9.86. The maximum Gasteiger partial charge on any atom is 0.0243 e. The molecular weight excluding hydrogens is 256 g/mol. The van der Waals surface area contributed by atoms with E-state index in [1.807, 2.05) is 0 Å². The molecule has 1 N–H and O–H groups in total. The largest absolute Gasteiger partial charge is 0.312 e. The second-order valence-corrected chi connectivity index (χ2v) is 7.48. The fourth-order valence-corrected chi connectivity index (χ4v) is 3.15. The molecule has 1 atom stereocenters. The Kier molecular flexibility index (Phi) is 5.83. The molecule has 2 nitrogen and oxygen atoms in total. The van der Waals surface area contributed by atoms with Crippen molar-refractivity contribution in [1.29, 1.82) is 0 Å². The number of hydrogen-bond donors (Lipinski definition) is 1. The SMILES string of the molecule is CCCNC(CN1CCCc2ccccc2C1)C(C)(C)C. The molecule has 21 heavy (non-hydrogen) atoms. The predicted molar refractivity (Wildman–Crippen MR) is 91.6 cm³/mol. The number of fused-ring (bicyclic) bond motifs is 1. The summed E-state index contributed by atoms with van der Waals surface area (Å²) >= 11 is 0. The van der Waals surface area contributed by atoms with Gasteiger partial charge in [-0.3, -0.25) is 4.90 Å². The van der Waals surface area contributed by atoms with E-state index in [1.165, 1.54) is 31.4 Å². The highest BCUT2D eigenvalue weighted by Crippen LogP contribution is 2.23. The number of hydrogen-bond acceptors (Lipinski definition) is 2. The van der Waals surface area contributed by atoms with Crippen LogP contribution in [0.25, 0.3) is 0 Å². The Bertz CT molecular complexity index is 433. The van der Waals surface area contributed by atoms with Crippen molar-refractivity contribution < 1.29 is 0 Å². The summed E-state index contributed by atoms with van der Waals surface area (Å²) in [5.41, 5.74) is 3.38. The average Bonchev–Trinajstić information content (AvgIpc) is 2.63. The highest BCUT2D eigenvalue weighted by molar-refractivity contribution is 5.28. The monoisotopic (exact) mass is 288 g/mol. The number of rotatable bonds is 5. The zero-order chi connectivity index (χ0) is 15.3. The molecule has 1 aliphatic rings. The van der Waals surface area contributed by atoms with E-state index in [-0.39, 0.29) is 0 Å². The third kappa shape index (κ3) is 4.82. The molecule has 0 radical (unpaired) electrons. The van der Waals surface area contributed by atoms with E-state index in [4.69, 9.17) is 0 Å². The molecular formula is C19H32N2. The molecule has 1 heterocycles. The molecule has 2 heteroatoms. The van der Waals surface area contributed by atoms with Gasteiger partial charge < -0.3 is 5.32 Å². The van der Waals surface area contributed by atoms with Crippen LogP contribution >= 0.6 is 0 Å². The number of benzene rings is 1. The molecule has 0 spiro atoms. The molecule has 0 bridgehead atoms. The van der Waals surface area contributed by atoms with Crippen molar-refractivity contribution in [2.45, 2.75) is 59.5 Å². The lowest BCUT2D eigenvalue weighted by Crippen LogP contribution is -2.48. The van der Waals surface area contributed by atoms with E-state index in [9.17, 15) is 0 Å². The van der Waals surface area contributed by atoms with Gasteiger partial charge in [0.2, 0.25) is 0 Å². The van der Waals surface area contributed by atoms with Gasteiger partial charge in [-0.15, -0.1) is 0 Å². The number of nitrogens with zero attached hydrogens (tertiary/aromatic N) is 1. The van der Waals surface area contributed by atoms with E-state index < -0.39 is 0 Å². The second-order valence-electron chi connectivity index (χ2n) is 7.48. The van der Waals surface area contributed by atoms with Gasteiger partial charge in [-0.25, -0.2) is 0 Å². The average molecular weight is 288 g/mol. The second kappa shape index (κ2) is 7.42. The minimum absolute atomic E-state index is 0.307. The van der Waals surface area contributed by atoms with E-state index in [0.717, 1.165) is 19.6 Å². The van der Waals surface area contributed by atoms with Crippen molar-refractivity contribution in [2.24, 2.45) is 5.41 Å². The van der Waals surface area contributed by atoms with E-state index in [2.05, 4.69) is 62.2 Å². The van der Waals surface area contributed by atoms with Gasteiger partial charge in [0.1, 0.15) is 0 Å². The Morgan fingerprint density at radius 2 is 1.90 bits per heavy atom. The Morgan fingerprint density at radius 3 is 2.57 bits per heavy atom. The van der Waals surface area contributed by atoms with Crippen LogP contribution in [0.3, 0.4) is 0 Å². The van der Waals surface area contributed by atoms with Gasteiger partial charge in [0, 0.05) is 19.1 Å². The van der Waals surface area contributed by atoms with Crippen LogP contribution in [0, 0.1) is 5.41 Å². The number of nitrogens with one attached hydrogen (secondary N) is 1. The normalized spacial score (nSPS) is 18.1. The smallest absolute Gasteiger partial charge is 0.0243 e. The Balaban J connectivity index is 2.03. The molecule has 1 aliphatic heterocycles. The Morgan fingerprint density at radius 1 is 1.19 bits per heavy atom. The van der Waals surface area contributed by atoms with Crippen LogP contribution in [0.4, 0.5) is 0 Å². The summed E-state index contributed by atoms with van der Waals surface area (Å²) in [6, 6.07) is 9.52. The molecule has 0 saturated carbocycles. The highest BCUT2D eigenvalue weighted by Gasteiger charge is 2.26. The summed E-state index contributed by atoms with van der Waals surface area (Å²) in [6.07, 6.45) is 3.71. The molecule has 2 rings (SSSR count). The summed E-state index contributed by atoms with van der Waals surface area (Å²) in [4.78, 5) is 2.64. The van der Waals surface area contributed by atoms with Crippen LogP contribution in [-0.2, 0) is 13.0 Å². The first-order chi connectivity index (χ1) is 10.0. The minimum Gasteiger partial charge on any atom is -0.312 e. The maximum atomic E-state index is 3.76. The summed E-state index contributed by atoms with van der Waals surface area (Å²) < 4.78 is 0. The van der Waals surface area contributed by atoms with Gasteiger partial charge in [0.25, 0.3) is 0 Å². The zero-order valence-electron chi connectivity index (χ0n) is 14.3. The summed E-state index contributed by atoms with van der Waals surface area (Å²) in [6.45, 7) is 13.9. The summed E-state index contributed by atoms with van der Waals surface area (Å²) in [5.74, 6) is 0. The van der Waals surface area contributed by atoms with Crippen LogP contribution in [0.1, 0.15) is 51.7 Å². The molecule has 0 saturated heterocycles. The number of aryl methyl sites for hydroxylation is 1. The van der Waals surface area contributed by atoms with Gasteiger partial charge in [-0.05, 0) is 48.9 Å². The molecule has 0 amide bonds.